The Bertz CT molecular complexity index is 1080. The van der Waals surface area contributed by atoms with Crippen LogP contribution in [0.1, 0.15) is 36.0 Å². The lowest BCUT2D eigenvalue weighted by atomic mass is 9.96. The van der Waals surface area contributed by atoms with Gasteiger partial charge in [0.1, 0.15) is 0 Å². The molecule has 0 bridgehead atoms. The molecule has 2 amide bonds. The van der Waals surface area contributed by atoms with E-state index in [-0.39, 0.29) is 28.7 Å². The fourth-order valence-electron chi connectivity index (χ4n) is 4.25. The summed E-state index contributed by atoms with van der Waals surface area (Å²) in [4.78, 5) is 27.6. The van der Waals surface area contributed by atoms with Crippen LogP contribution in [0.5, 0.6) is 0 Å². The van der Waals surface area contributed by atoms with Crippen molar-refractivity contribution in [3.05, 3.63) is 60.2 Å². The van der Waals surface area contributed by atoms with Gasteiger partial charge in [-0.05, 0) is 56.0 Å². The van der Waals surface area contributed by atoms with Crippen LogP contribution in [0.15, 0.2) is 59.5 Å². The van der Waals surface area contributed by atoms with E-state index in [0.29, 0.717) is 30.9 Å². The fraction of sp³-hybridized carbons (Fsp3) is 0.417. The van der Waals surface area contributed by atoms with Gasteiger partial charge in [-0.15, -0.1) is 0 Å². The van der Waals surface area contributed by atoms with E-state index in [9.17, 15) is 18.0 Å². The van der Waals surface area contributed by atoms with Crippen LogP contribution in [0.3, 0.4) is 0 Å². The average molecular weight is 472 g/mol. The number of anilines is 1. The zero-order chi connectivity index (χ0) is 23.3. The molecule has 9 heteroatoms. The first kappa shape index (κ1) is 23.3. The van der Waals surface area contributed by atoms with Crippen LogP contribution in [-0.4, -0.2) is 57.5 Å². The number of hydrogen-bond acceptors (Lipinski definition) is 5. The summed E-state index contributed by atoms with van der Waals surface area (Å²) in [5, 5.41) is 2.97. The standard InChI is InChI=1S/C24H29N3O5S/c28-23(25-16-21-10-6-14-32-21)19-8-5-13-27(17-19)24(29)18-7-4-9-20(15-18)26-33(30,31)22-11-2-1-3-12-22/h1-4,7,9,11-12,15,19,21,26H,5-6,8,10,13-14,16-17H2,(H,25,28). The summed E-state index contributed by atoms with van der Waals surface area (Å²) in [5.41, 5.74) is 0.691. The maximum Gasteiger partial charge on any atom is 0.261 e. The van der Waals surface area contributed by atoms with Gasteiger partial charge in [0.25, 0.3) is 15.9 Å². The first-order chi connectivity index (χ1) is 15.9. The smallest absolute Gasteiger partial charge is 0.261 e. The molecule has 2 fully saturated rings. The summed E-state index contributed by atoms with van der Waals surface area (Å²) in [6.45, 7) is 2.16. The topological polar surface area (TPSA) is 105 Å². The summed E-state index contributed by atoms with van der Waals surface area (Å²) in [6.07, 6.45) is 3.53. The number of rotatable bonds is 7. The molecule has 0 spiro atoms. The molecule has 2 unspecified atom stereocenters. The van der Waals surface area contributed by atoms with Crippen molar-refractivity contribution in [3.63, 3.8) is 0 Å². The Balaban J connectivity index is 1.38. The van der Waals surface area contributed by atoms with E-state index in [1.165, 1.54) is 18.2 Å². The summed E-state index contributed by atoms with van der Waals surface area (Å²) in [7, 11) is -3.75. The molecule has 8 nitrogen and oxygen atoms in total. The van der Waals surface area contributed by atoms with Crippen molar-refractivity contribution in [2.24, 2.45) is 5.92 Å². The van der Waals surface area contributed by atoms with E-state index in [0.717, 1.165) is 32.3 Å². The van der Waals surface area contributed by atoms with Crippen LogP contribution in [0.4, 0.5) is 5.69 Å². The van der Waals surface area contributed by atoms with E-state index in [1.807, 2.05) is 0 Å². The van der Waals surface area contributed by atoms with Crippen LogP contribution < -0.4 is 10.0 Å². The molecule has 0 aliphatic carbocycles. The minimum absolute atomic E-state index is 0.0487. The van der Waals surface area contributed by atoms with Gasteiger partial charge in [-0.3, -0.25) is 14.3 Å². The van der Waals surface area contributed by atoms with E-state index >= 15 is 0 Å². The van der Waals surface area contributed by atoms with Crippen LogP contribution >= 0.6 is 0 Å². The second-order valence-corrected chi connectivity index (χ2v) is 10.2. The van der Waals surface area contributed by atoms with Crippen molar-refractivity contribution in [2.75, 3.05) is 31.0 Å². The Morgan fingerprint density at radius 3 is 2.61 bits per heavy atom. The van der Waals surface area contributed by atoms with Gasteiger partial charge in [-0.1, -0.05) is 24.3 Å². The number of hydrogen-bond donors (Lipinski definition) is 2. The summed E-state index contributed by atoms with van der Waals surface area (Å²) in [5.74, 6) is -0.524. The predicted molar refractivity (Wildman–Crippen MR) is 124 cm³/mol. The van der Waals surface area contributed by atoms with Gasteiger partial charge in [0.2, 0.25) is 5.91 Å². The third-order valence-electron chi connectivity index (χ3n) is 6.02. The summed E-state index contributed by atoms with van der Waals surface area (Å²) in [6, 6.07) is 14.5. The lowest BCUT2D eigenvalue weighted by Gasteiger charge is -2.32. The molecule has 2 aromatic carbocycles. The number of nitrogens with zero attached hydrogens (tertiary/aromatic N) is 1. The second-order valence-electron chi connectivity index (χ2n) is 8.47. The van der Waals surface area contributed by atoms with Crippen molar-refractivity contribution in [2.45, 2.75) is 36.7 Å². The number of carbonyl (C=O) groups excluding carboxylic acids is 2. The number of nitrogens with one attached hydrogen (secondary N) is 2. The third kappa shape index (κ3) is 5.91. The molecule has 0 aromatic heterocycles. The monoisotopic (exact) mass is 471 g/mol. The first-order valence-electron chi connectivity index (χ1n) is 11.3. The minimum Gasteiger partial charge on any atom is -0.376 e. The van der Waals surface area contributed by atoms with E-state index in [1.54, 1.807) is 41.3 Å². The van der Waals surface area contributed by atoms with Crippen LogP contribution in [-0.2, 0) is 19.6 Å². The van der Waals surface area contributed by atoms with Crippen molar-refractivity contribution in [3.8, 4) is 0 Å². The molecule has 4 rings (SSSR count). The molecule has 2 aromatic rings. The Hall–Kier alpha value is -2.91. The lowest BCUT2D eigenvalue weighted by Crippen LogP contribution is -2.46. The molecular weight excluding hydrogens is 442 g/mol. The first-order valence-corrected chi connectivity index (χ1v) is 12.8. The fourth-order valence-corrected chi connectivity index (χ4v) is 5.32. The Labute approximate surface area is 194 Å². The highest BCUT2D eigenvalue weighted by Crippen LogP contribution is 2.22. The molecule has 0 radical (unpaired) electrons. The number of ether oxygens (including phenoxy) is 1. The van der Waals surface area contributed by atoms with Crippen LogP contribution in [0.2, 0.25) is 0 Å². The largest absolute Gasteiger partial charge is 0.376 e. The third-order valence-corrected chi connectivity index (χ3v) is 7.42. The maximum atomic E-state index is 13.1. The van der Waals surface area contributed by atoms with Crippen molar-refractivity contribution in [1.82, 2.24) is 10.2 Å². The highest BCUT2D eigenvalue weighted by Gasteiger charge is 2.29. The van der Waals surface area contributed by atoms with E-state index in [4.69, 9.17) is 4.74 Å². The van der Waals surface area contributed by atoms with Gasteiger partial charge in [0, 0.05) is 37.5 Å². The van der Waals surface area contributed by atoms with Gasteiger partial charge in [-0.25, -0.2) is 8.42 Å². The molecule has 0 saturated carbocycles. The molecule has 176 valence electrons. The maximum absolute atomic E-state index is 13.1. The Morgan fingerprint density at radius 1 is 1.03 bits per heavy atom. The van der Waals surface area contributed by atoms with Gasteiger partial charge in [0.15, 0.2) is 0 Å². The molecule has 2 saturated heterocycles. The number of benzene rings is 2. The van der Waals surface area contributed by atoms with Gasteiger partial charge in [0.05, 0.1) is 16.9 Å². The van der Waals surface area contributed by atoms with Gasteiger partial charge < -0.3 is 15.0 Å². The predicted octanol–water partition coefficient (Wildman–Crippen LogP) is 2.63. The SMILES string of the molecule is O=C(NCC1CCCO1)C1CCCN(C(=O)c2cccc(NS(=O)(=O)c3ccccc3)c2)C1. The zero-order valence-electron chi connectivity index (χ0n) is 18.4. The van der Waals surface area contributed by atoms with Gasteiger partial charge in [-0.2, -0.15) is 0 Å². The number of piperidine rings is 1. The average Bonchev–Trinajstić information content (AvgIpc) is 3.36. The normalized spacial score (nSPS) is 20.9. The molecule has 2 N–H and O–H groups in total. The Kier molecular flexibility index (Phi) is 7.29. The number of sulfonamides is 1. The number of likely N-dealkylation sites (tertiary alicyclic amines) is 1. The van der Waals surface area contributed by atoms with Gasteiger partial charge >= 0.3 is 0 Å². The van der Waals surface area contributed by atoms with E-state index in [2.05, 4.69) is 10.0 Å². The summed E-state index contributed by atoms with van der Waals surface area (Å²) < 4.78 is 33.3. The highest BCUT2D eigenvalue weighted by atomic mass is 32.2. The Morgan fingerprint density at radius 2 is 1.85 bits per heavy atom. The molecule has 2 aliphatic heterocycles. The number of carbonyl (C=O) groups is 2. The highest BCUT2D eigenvalue weighted by molar-refractivity contribution is 7.92. The van der Waals surface area contributed by atoms with Crippen molar-refractivity contribution in [1.29, 1.82) is 0 Å². The molecule has 2 heterocycles. The molecular formula is C24H29N3O5S. The molecule has 2 aliphatic rings. The van der Waals surface area contributed by atoms with Crippen LogP contribution in [0.25, 0.3) is 0 Å². The quantitative estimate of drug-likeness (QED) is 0.646. The van der Waals surface area contributed by atoms with Crippen molar-refractivity contribution >= 4 is 27.5 Å². The minimum atomic E-state index is -3.75. The number of amides is 2. The van der Waals surface area contributed by atoms with E-state index < -0.39 is 10.0 Å². The van der Waals surface area contributed by atoms with Crippen LogP contribution in [0, 0.1) is 5.92 Å². The zero-order valence-corrected chi connectivity index (χ0v) is 19.2. The molecule has 2 atom stereocenters. The molecule has 33 heavy (non-hydrogen) atoms. The summed E-state index contributed by atoms with van der Waals surface area (Å²) >= 11 is 0. The second kappa shape index (κ2) is 10.4. The van der Waals surface area contributed by atoms with Crippen molar-refractivity contribution < 1.29 is 22.7 Å². The lowest BCUT2D eigenvalue weighted by molar-refractivity contribution is -0.126.